The van der Waals surface area contributed by atoms with E-state index in [9.17, 15) is 0 Å². The molecule has 0 unspecified atom stereocenters. The van der Waals surface area contributed by atoms with E-state index >= 15 is 0 Å². The first-order valence-electron chi connectivity index (χ1n) is 3.89. The number of nitrogens with two attached hydrogens (primary N) is 1. The predicted molar refractivity (Wildman–Crippen MR) is 54.5 cm³/mol. The number of aromatic nitrogens is 2. The normalized spacial score (nSPS) is 10.2. The quantitative estimate of drug-likeness (QED) is 0.751. The number of anilines is 1. The van der Waals surface area contributed by atoms with Crippen molar-refractivity contribution in [2.75, 3.05) is 5.73 Å². The summed E-state index contributed by atoms with van der Waals surface area (Å²) in [4.78, 5) is 9.25. The van der Waals surface area contributed by atoms with Crippen molar-refractivity contribution in [1.29, 1.82) is 0 Å². The zero-order valence-electron chi connectivity index (χ0n) is 7.19. The summed E-state index contributed by atoms with van der Waals surface area (Å²) in [6.45, 7) is 2.07. The molecular formula is C9H9N3S. The minimum absolute atomic E-state index is 0.508. The molecule has 0 aromatic carbocycles. The third-order valence-corrected chi connectivity index (χ3v) is 2.58. The molecule has 0 radical (unpaired) electrons. The fourth-order valence-electron chi connectivity index (χ4n) is 1.11. The Bertz CT molecular complexity index is 422. The summed E-state index contributed by atoms with van der Waals surface area (Å²) in [5.41, 5.74) is 7.55. The van der Waals surface area contributed by atoms with Gasteiger partial charge in [0.15, 0.2) is 0 Å². The van der Waals surface area contributed by atoms with E-state index in [1.54, 1.807) is 17.4 Å². The molecule has 2 N–H and O–H groups in total. The maximum Gasteiger partial charge on any atom is 0.127 e. The van der Waals surface area contributed by atoms with Crippen LogP contribution in [0.4, 0.5) is 5.82 Å². The smallest absolute Gasteiger partial charge is 0.127 e. The second-order valence-electron chi connectivity index (χ2n) is 2.77. The summed E-state index contributed by atoms with van der Waals surface area (Å²) in [5, 5.41) is 2.07. The van der Waals surface area contributed by atoms with Crippen LogP contribution in [0.15, 0.2) is 23.8 Å². The molecular weight excluding hydrogens is 182 g/mol. The van der Waals surface area contributed by atoms with Crippen molar-refractivity contribution in [3.63, 3.8) is 0 Å². The molecule has 0 aliphatic carbocycles. The molecule has 0 aliphatic heterocycles. The predicted octanol–water partition coefficient (Wildman–Crippen LogP) is 2.10. The van der Waals surface area contributed by atoms with Crippen LogP contribution in [0.2, 0.25) is 0 Å². The molecule has 13 heavy (non-hydrogen) atoms. The van der Waals surface area contributed by atoms with E-state index < -0.39 is 0 Å². The Kier molecular flexibility index (Phi) is 1.98. The van der Waals surface area contributed by atoms with Crippen LogP contribution in [0.25, 0.3) is 11.3 Å². The highest BCUT2D eigenvalue weighted by Gasteiger charge is 2.01. The van der Waals surface area contributed by atoms with Gasteiger partial charge in [-0.1, -0.05) is 0 Å². The SMILES string of the molecule is Cc1cc(-c2cc(N)ncn2)cs1. The van der Waals surface area contributed by atoms with Crippen LogP contribution >= 0.6 is 11.3 Å². The third-order valence-electron chi connectivity index (χ3n) is 1.71. The van der Waals surface area contributed by atoms with Crippen molar-refractivity contribution in [2.45, 2.75) is 6.92 Å². The van der Waals surface area contributed by atoms with Gasteiger partial charge in [-0.25, -0.2) is 9.97 Å². The van der Waals surface area contributed by atoms with E-state index in [-0.39, 0.29) is 0 Å². The summed E-state index contributed by atoms with van der Waals surface area (Å²) in [6, 6.07) is 3.87. The number of nitrogen functional groups attached to an aromatic ring is 1. The highest BCUT2D eigenvalue weighted by molar-refractivity contribution is 7.10. The van der Waals surface area contributed by atoms with Gasteiger partial charge in [0.25, 0.3) is 0 Å². The Morgan fingerprint density at radius 2 is 2.15 bits per heavy atom. The van der Waals surface area contributed by atoms with Gasteiger partial charge in [0, 0.05) is 21.9 Å². The van der Waals surface area contributed by atoms with Crippen LogP contribution in [-0.4, -0.2) is 9.97 Å². The summed E-state index contributed by atoms with van der Waals surface area (Å²) in [7, 11) is 0. The van der Waals surface area contributed by atoms with E-state index in [4.69, 9.17) is 5.73 Å². The number of thiophene rings is 1. The molecule has 0 amide bonds. The largest absolute Gasteiger partial charge is 0.384 e. The van der Waals surface area contributed by atoms with Crippen LogP contribution in [0.5, 0.6) is 0 Å². The van der Waals surface area contributed by atoms with Crippen molar-refractivity contribution >= 4 is 17.2 Å². The fourth-order valence-corrected chi connectivity index (χ4v) is 1.80. The first-order chi connectivity index (χ1) is 6.25. The zero-order valence-corrected chi connectivity index (χ0v) is 8.01. The van der Waals surface area contributed by atoms with Crippen molar-refractivity contribution < 1.29 is 0 Å². The van der Waals surface area contributed by atoms with Crippen molar-refractivity contribution in [2.24, 2.45) is 0 Å². The Morgan fingerprint density at radius 1 is 1.31 bits per heavy atom. The molecule has 0 spiro atoms. The molecule has 2 heterocycles. The minimum Gasteiger partial charge on any atom is -0.384 e. The van der Waals surface area contributed by atoms with Crippen LogP contribution in [0, 0.1) is 6.92 Å². The van der Waals surface area contributed by atoms with Crippen LogP contribution in [0.1, 0.15) is 4.88 Å². The van der Waals surface area contributed by atoms with Gasteiger partial charge in [0.2, 0.25) is 0 Å². The first-order valence-corrected chi connectivity index (χ1v) is 4.77. The lowest BCUT2D eigenvalue weighted by Gasteiger charge is -1.96. The van der Waals surface area contributed by atoms with E-state index in [2.05, 4.69) is 28.3 Å². The molecule has 0 saturated carbocycles. The van der Waals surface area contributed by atoms with Crippen LogP contribution in [-0.2, 0) is 0 Å². The van der Waals surface area contributed by atoms with E-state index in [0.29, 0.717) is 5.82 Å². The summed E-state index contributed by atoms with van der Waals surface area (Å²) in [5.74, 6) is 0.508. The molecule has 2 rings (SSSR count). The topological polar surface area (TPSA) is 51.8 Å². The number of aryl methyl sites for hydroxylation is 1. The van der Waals surface area contributed by atoms with Crippen LogP contribution < -0.4 is 5.73 Å². The van der Waals surface area contributed by atoms with Gasteiger partial charge in [-0.05, 0) is 13.0 Å². The number of hydrogen-bond acceptors (Lipinski definition) is 4. The Balaban J connectivity index is 2.46. The Hall–Kier alpha value is -1.42. The van der Waals surface area contributed by atoms with E-state index in [1.165, 1.54) is 11.2 Å². The van der Waals surface area contributed by atoms with Gasteiger partial charge in [-0.2, -0.15) is 0 Å². The minimum atomic E-state index is 0.508. The van der Waals surface area contributed by atoms with Gasteiger partial charge in [0.05, 0.1) is 5.69 Å². The molecule has 0 saturated heterocycles. The monoisotopic (exact) mass is 191 g/mol. The fraction of sp³-hybridized carbons (Fsp3) is 0.111. The van der Waals surface area contributed by atoms with Crippen molar-refractivity contribution in [3.8, 4) is 11.3 Å². The molecule has 4 heteroatoms. The molecule has 0 atom stereocenters. The molecule has 0 aliphatic rings. The van der Waals surface area contributed by atoms with Gasteiger partial charge in [-0.15, -0.1) is 11.3 Å². The standard InChI is InChI=1S/C9H9N3S/c1-6-2-7(4-13-6)8-3-9(10)12-5-11-8/h2-5H,1H3,(H2,10,11,12). The Morgan fingerprint density at radius 3 is 2.77 bits per heavy atom. The van der Waals surface area contributed by atoms with Gasteiger partial charge < -0.3 is 5.73 Å². The molecule has 2 aromatic rings. The lowest BCUT2D eigenvalue weighted by Crippen LogP contribution is -1.91. The van der Waals surface area contributed by atoms with Crippen LogP contribution in [0.3, 0.4) is 0 Å². The summed E-state index contributed by atoms with van der Waals surface area (Å²) >= 11 is 1.70. The molecule has 66 valence electrons. The maximum atomic E-state index is 5.56. The summed E-state index contributed by atoms with van der Waals surface area (Å²) in [6.07, 6.45) is 1.48. The van der Waals surface area contributed by atoms with Gasteiger partial charge >= 0.3 is 0 Å². The van der Waals surface area contributed by atoms with Gasteiger partial charge in [-0.3, -0.25) is 0 Å². The Labute approximate surface area is 80.3 Å². The second-order valence-corrected chi connectivity index (χ2v) is 3.89. The van der Waals surface area contributed by atoms with Crippen molar-refractivity contribution in [3.05, 3.63) is 28.7 Å². The lowest BCUT2D eigenvalue weighted by atomic mass is 10.2. The van der Waals surface area contributed by atoms with E-state index in [1.807, 2.05) is 0 Å². The number of hydrogen-bond donors (Lipinski definition) is 1. The first kappa shape index (κ1) is 8.19. The lowest BCUT2D eigenvalue weighted by molar-refractivity contribution is 1.18. The summed E-state index contributed by atoms with van der Waals surface area (Å²) < 4.78 is 0. The van der Waals surface area contributed by atoms with Crippen molar-refractivity contribution in [1.82, 2.24) is 9.97 Å². The molecule has 3 nitrogen and oxygen atoms in total. The maximum absolute atomic E-state index is 5.56. The average molecular weight is 191 g/mol. The van der Waals surface area contributed by atoms with E-state index in [0.717, 1.165) is 11.3 Å². The zero-order chi connectivity index (χ0) is 9.26. The molecule has 0 fully saturated rings. The number of rotatable bonds is 1. The number of nitrogens with zero attached hydrogens (tertiary/aromatic N) is 2. The third kappa shape index (κ3) is 1.67. The molecule has 0 bridgehead atoms. The molecule has 2 aromatic heterocycles. The average Bonchev–Trinajstić information content (AvgIpc) is 2.52. The highest BCUT2D eigenvalue weighted by Crippen LogP contribution is 2.23. The highest BCUT2D eigenvalue weighted by atomic mass is 32.1. The van der Waals surface area contributed by atoms with Gasteiger partial charge in [0.1, 0.15) is 12.1 Å². The second kappa shape index (κ2) is 3.14.